The van der Waals surface area contributed by atoms with Crippen LogP contribution in [0.2, 0.25) is 5.02 Å². The van der Waals surface area contributed by atoms with Gasteiger partial charge in [0.1, 0.15) is 23.5 Å². The van der Waals surface area contributed by atoms with Gasteiger partial charge < -0.3 is 18.9 Å². The smallest absolute Gasteiger partial charge is 0.416 e. The number of alkyl halides is 3. The molecule has 206 valence electrons. The molecule has 1 N–H and O–H groups in total. The van der Waals surface area contributed by atoms with Crippen molar-refractivity contribution >= 4 is 34.9 Å². The van der Waals surface area contributed by atoms with Gasteiger partial charge in [0.05, 0.1) is 34.8 Å². The molecule has 0 aliphatic heterocycles. The highest BCUT2D eigenvalue weighted by Gasteiger charge is 2.31. The Bertz CT molecular complexity index is 1210. The molecule has 0 heterocycles. The van der Waals surface area contributed by atoms with E-state index in [1.54, 1.807) is 6.92 Å². The minimum atomic E-state index is -4.61. The lowest BCUT2D eigenvalue weighted by Gasteiger charge is -2.16. The van der Waals surface area contributed by atoms with Crippen LogP contribution in [0.15, 0.2) is 42.7 Å². The maximum absolute atomic E-state index is 12.9. The Hall–Kier alpha value is -4.04. The van der Waals surface area contributed by atoms with Crippen molar-refractivity contribution in [1.29, 1.82) is 0 Å². The Morgan fingerprint density at radius 1 is 1.18 bits per heavy atom. The third-order valence-electron chi connectivity index (χ3n) is 4.49. The largest absolute Gasteiger partial charge is 0.502 e. The molecule has 0 fully saturated rings. The third kappa shape index (κ3) is 8.52. The first-order valence-corrected chi connectivity index (χ1v) is 11.0. The van der Waals surface area contributed by atoms with Gasteiger partial charge in [0, 0.05) is 6.07 Å². The lowest BCUT2D eigenvalue weighted by Crippen LogP contribution is -2.31. The molecular weight excluding hydrogens is 541 g/mol. The lowest BCUT2D eigenvalue weighted by atomic mass is 10.1. The average Bonchev–Trinajstić information content (AvgIpc) is 2.85. The normalized spacial score (nSPS) is 12.3. The van der Waals surface area contributed by atoms with Gasteiger partial charge in [-0.25, -0.2) is 9.59 Å². The number of nitrogens with zero attached hydrogens (tertiary/aromatic N) is 1. The second-order valence-corrected chi connectivity index (χ2v) is 7.63. The van der Waals surface area contributed by atoms with Gasteiger partial charge in [-0.1, -0.05) is 11.6 Å². The first-order valence-electron chi connectivity index (χ1n) is 10.7. The summed E-state index contributed by atoms with van der Waals surface area (Å²) in [4.78, 5) is 39.5. The summed E-state index contributed by atoms with van der Waals surface area (Å²) in [5.41, 5.74) is 0.672. The van der Waals surface area contributed by atoms with Crippen LogP contribution in [-0.2, 0) is 34.8 Å². The number of nitrogens with one attached hydrogen (secondary N) is 1. The zero-order chi connectivity index (χ0) is 28.5. The number of nitro benzene ring substituents is 1. The number of carbonyl (C=O) groups is 2. The number of methoxy groups -OCH3 is 1. The number of hydrogen-bond donors (Lipinski definition) is 1. The number of nitro groups is 1. The van der Waals surface area contributed by atoms with E-state index >= 15 is 0 Å². The van der Waals surface area contributed by atoms with Crippen molar-refractivity contribution in [2.75, 3.05) is 20.3 Å². The van der Waals surface area contributed by atoms with Gasteiger partial charge >= 0.3 is 18.1 Å². The highest BCUT2D eigenvalue weighted by atomic mass is 35.5. The lowest BCUT2D eigenvalue weighted by molar-refractivity contribution is -0.385. The van der Waals surface area contributed by atoms with E-state index in [4.69, 9.17) is 30.6 Å². The monoisotopic (exact) mass is 562 g/mol. The maximum Gasteiger partial charge on any atom is 0.416 e. The molecule has 0 bridgehead atoms. The van der Waals surface area contributed by atoms with Gasteiger partial charge in [0.15, 0.2) is 12.7 Å². The topological polar surface area (TPSA) is 135 Å². The van der Waals surface area contributed by atoms with Crippen LogP contribution in [0.25, 0.3) is 5.70 Å². The Kier molecular flexibility index (Phi) is 10.7. The van der Waals surface area contributed by atoms with Gasteiger partial charge in [0.2, 0.25) is 0 Å². The van der Waals surface area contributed by atoms with E-state index in [1.165, 1.54) is 26.2 Å². The van der Waals surface area contributed by atoms with Crippen molar-refractivity contribution in [3.63, 3.8) is 0 Å². The van der Waals surface area contributed by atoms with Crippen LogP contribution in [0.5, 0.6) is 11.5 Å². The molecule has 0 aliphatic rings. The third-order valence-corrected chi connectivity index (χ3v) is 4.79. The molecule has 0 amide bonds. The van der Waals surface area contributed by atoms with Crippen molar-refractivity contribution in [3.05, 3.63) is 68.9 Å². The van der Waals surface area contributed by atoms with Crippen molar-refractivity contribution in [1.82, 2.24) is 5.48 Å². The number of hydroxylamine groups is 1. The summed E-state index contributed by atoms with van der Waals surface area (Å²) in [5.74, 6) is -1.87. The molecule has 1 unspecified atom stereocenters. The molecular formula is C23H22ClF3N2O9. The molecule has 38 heavy (non-hydrogen) atoms. The summed E-state index contributed by atoms with van der Waals surface area (Å²) in [6.45, 7) is 2.32. The van der Waals surface area contributed by atoms with Crippen LogP contribution in [0, 0.1) is 10.1 Å². The molecule has 0 aliphatic carbocycles. The van der Waals surface area contributed by atoms with Gasteiger partial charge in [0.25, 0.3) is 5.69 Å². The Balaban J connectivity index is 2.26. The molecule has 0 saturated heterocycles. The minimum Gasteiger partial charge on any atom is -0.502 e. The van der Waals surface area contributed by atoms with E-state index < -0.39 is 47.0 Å². The summed E-state index contributed by atoms with van der Waals surface area (Å²) >= 11 is 5.93. The number of benzene rings is 2. The number of carbonyl (C=O) groups excluding carboxylic acids is 2. The molecule has 0 aromatic heterocycles. The molecule has 0 radical (unpaired) electrons. The first kappa shape index (κ1) is 30.2. The molecule has 2 aromatic rings. The van der Waals surface area contributed by atoms with E-state index in [0.717, 1.165) is 24.5 Å². The van der Waals surface area contributed by atoms with E-state index in [2.05, 4.69) is 10.2 Å². The van der Waals surface area contributed by atoms with Crippen LogP contribution < -0.4 is 10.2 Å². The number of hydrogen-bond acceptors (Lipinski definition) is 10. The summed E-state index contributed by atoms with van der Waals surface area (Å²) in [6.07, 6.45) is -4.86. The van der Waals surface area contributed by atoms with E-state index in [0.29, 0.717) is 6.07 Å². The SMILES string of the molecule is CCOC(=O)COC(=O)C(C)ONC(=COC)c1cc(Oc2ccc(C(F)(F)F)cc2Cl)ccc1[N+](=O)[O-]. The summed E-state index contributed by atoms with van der Waals surface area (Å²) in [5, 5.41) is 11.3. The predicted molar refractivity (Wildman–Crippen MR) is 126 cm³/mol. The molecule has 1 atom stereocenters. The van der Waals surface area contributed by atoms with Crippen molar-refractivity contribution in [2.45, 2.75) is 26.1 Å². The number of halogens is 4. The molecule has 2 rings (SSSR count). The van der Waals surface area contributed by atoms with E-state index in [9.17, 15) is 32.9 Å². The average molecular weight is 563 g/mol. The van der Waals surface area contributed by atoms with E-state index in [1.807, 2.05) is 0 Å². The molecule has 2 aromatic carbocycles. The number of esters is 2. The highest BCUT2D eigenvalue weighted by molar-refractivity contribution is 6.32. The van der Waals surface area contributed by atoms with Crippen molar-refractivity contribution in [3.8, 4) is 11.5 Å². The van der Waals surface area contributed by atoms with Crippen LogP contribution in [-0.4, -0.2) is 43.3 Å². The second kappa shape index (κ2) is 13.5. The molecule has 0 spiro atoms. The Morgan fingerprint density at radius 3 is 2.47 bits per heavy atom. The molecule has 15 heteroatoms. The quantitative estimate of drug-likeness (QED) is 0.162. The van der Waals surface area contributed by atoms with Gasteiger partial charge in [-0.2, -0.15) is 13.2 Å². The van der Waals surface area contributed by atoms with Gasteiger partial charge in [-0.3, -0.25) is 20.4 Å². The molecule has 0 saturated carbocycles. The van der Waals surface area contributed by atoms with Crippen LogP contribution in [0.4, 0.5) is 18.9 Å². The summed E-state index contributed by atoms with van der Waals surface area (Å²) in [6, 6.07) is 5.90. The zero-order valence-corrected chi connectivity index (χ0v) is 20.9. The van der Waals surface area contributed by atoms with Crippen LogP contribution in [0.1, 0.15) is 25.0 Å². The maximum atomic E-state index is 12.9. The van der Waals surface area contributed by atoms with Gasteiger partial charge in [-0.15, -0.1) is 0 Å². The Morgan fingerprint density at radius 2 is 1.89 bits per heavy atom. The van der Waals surface area contributed by atoms with E-state index in [-0.39, 0.29) is 34.4 Å². The molecule has 11 nitrogen and oxygen atoms in total. The Labute approximate surface area is 219 Å². The summed E-state index contributed by atoms with van der Waals surface area (Å²) < 4.78 is 58.6. The van der Waals surface area contributed by atoms with Crippen LogP contribution in [0.3, 0.4) is 0 Å². The second-order valence-electron chi connectivity index (χ2n) is 7.22. The minimum absolute atomic E-state index is 0.0297. The number of rotatable bonds is 12. The first-order chi connectivity index (χ1) is 17.9. The van der Waals surface area contributed by atoms with Gasteiger partial charge in [-0.05, 0) is 44.2 Å². The number of ether oxygens (including phenoxy) is 4. The van der Waals surface area contributed by atoms with Crippen molar-refractivity contribution in [2.24, 2.45) is 0 Å². The van der Waals surface area contributed by atoms with Crippen LogP contribution >= 0.6 is 11.6 Å². The highest BCUT2D eigenvalue weighted by Crippen LogP contribution is 2.37. The zero-order valence-electron chi connectivity index (χ0n) is 20.2. The fourth-order valence-electron chi connectivity index (χ4n) is 2.75. The standard InChI is InChI=1S/C23H22ClF3N2O9/c1-4-35-21(30)12-36-22(31)13(2)38-28-18(11-34-3)16-10-15(6-7-19(16)29(32)33)37-20-8-5-14(9-17(20)24)23(25,26)27/h5-11,13,28H,4,12H2,1-3H3. The fourth-order valence-corrected chi connectivity index (χ4v) is 2.97. The predicted octanol–water partition coefficient (Wildman–Crippen LogP) is 5.02. The van der Waals surface area contributed by atoms with Crippen molar-refractivity contribution < 1.29 is 51.5 Å². The fraction of sp³-hybridized carbons (Fsp3) is 0.304. The summed E-state index contributed by atoms with van der Waals surface area (Å²) in [7, 11) is 1.24.